The molecule has 1 heterocycles. The van der Waals surface area contributed by atoms with Crippen LogP contribution in [0.5, 0.6) is 0 Å². The molecule has 8 nitrogen and oxygen atoms in total. The van der Waals surface area contributed by atoms with Crippen LogP contribution in [0.1, 0.15) is 16.2 Å². The minimum atomic E-state index is -0.418. The molecular formula is C21H19N7O. The van der Waals surface area contributed by atoms with Crippen molar-refractivity contribution < 1.29 is 4.79 Å². The third-order valence-electron chi connectivity index (χ3n) is 4.51. The van der Waals surface area contributed by atoms with E-state index in [4.69, 9.17) is 5.41 Å². The van der Waals surface area contributed by atoms with Gasteiger partial charge in [0, 0.05) is 25.3 Å². The third-order valence-corrected chi connectivity index (χ3v) is 4.51. The maximum absolute atomic E-state index is 12.7. The molecule has 0 aliphatic rings. The molecule has 4 rings (SSSR count). The van der Waals surface area contributed by atoms with Crippen molar-refractivity contribution in [1.29, 1.82) is 5.41 Å². The van der Waals surface area contributed by atoms with Gasteiger partial charge in [0.05, 0.1) is 5.69 Å². The van der Waals surface area contributed by atoms with Crippen LogP contribution in [-0.4, -0.2) is 50.9 Å². The largest absolute Gasteiger partial charge is 0.363 e. The molecule has 0 saturated carbocycles. The molecule has 1 aromatic heterocycles. The van der Waals surface area contributed by atoms with E-state index >= 15 is 0 Å². The molecule has 0 unspecified atom stereocenters. The van der Waals surface area contributed by atoms with Crippen LogP contribution in [0, 0.1) is 5.41 Å². The lowest BCUT2D eigenvalue weighted by Gasteiger charge is -2.14. The molecule has 1 amide bonds. The number of rotatable bonds is 4. The number of carbonyl (C=O) groups is 1. The number of tetrazole rings is 1. The summed E-state index contributed by atoms with van der Waals surface area (Å²) in [5.74, 6) is 0.0621. The fourth-order valence-corrected chi connectivity index (χ4v) is 2.97. The molecule has 4 aromatic rings. The van der Waals surface area contributed by atoms with Crippen LogP contribution in [0.25, 0.3) is 16.5 Å². The Bertz CT molecular complexity index is 1200. The molecule has 0 saturated heterocycles. The predicted octanol–water partition coefficient (Wildman–Crippen LogP) is 2.95. The van der Waals surface area contributed by atoms with Gasteiger partial charge in [-0.05, 0) is 57.6 Å². The van der Waals surface area contributed by atoms with Crippen molar-refractivity contribution in [2.24, 2.45) is 0 Å². The van der Waals surface area contributed by atoms with E-state index < -0.39 is 5.91 Å². The zero-order valence-electron chi connectivity index (χ0n) is 16.0. The second-order valence-corrected chi connectivity index (χ2v) is 6.72. The molecule has 0 radical (unpaired) electrons. The van der Waals surface area contributed by atoms with Crippen LogP contribution in [0.3, 0.4) is 0 Å². The van der Waals surface area contributed by atoms with Crippen molar-refractivity contribution in [2.75, 3.05) is 19.4 Å². The SMILES string of the molecule is CN(C)C(=N)c1ccc(NC(=O)c2nnnn2-c2ccc3ccccc3c2)cc1. The quantitative estimate of drug-likeness (QED) is 0.416. The normalized spacial score (nSPS) is 10.7. The van der Waals surface area contributed by atoms with Crippen LogP contribution in [-0.2, 0) is 0 Å². The summed E-state index contributed by atoms with van der Waals surface area (Å²) in [5, 5.41) is 24.5. The number of nitrogens with zero attached hydrogens (tertiary/aromatic N) is 5. The average Bonchev–Trinajstić information content (AvgIpc) is 3.23. The molecule has 0 bridgehead atoms. The van der Waals surface area contributed by atoms with E-state index in [0.29, 0.717) is 17.2 Å². The minimum absolute atomic E-state index is 0.0883. The highest BCUT2D eigenvalue weighted by Crippen LogP contribution is 2.19. The number of hydrogen-bond acceptors (Lipinski definition) is 5. The van der Waals surface area contributed by atoms with Gasteiger partial charge < -0.3 is 10.2 Å². The summed E-state index contributed by atoms with van der Waals surface area (Å²) in [6.07, 6.45) is 0. The highest BCUT2D eigenvalue weighted by molar-refractivity contribution is 6.02. The standard InChI is InChI=1S/C21H19N7O/c1-27(2)19(22)15-7-10-17(11-8-15)23-21(29)20-24-25-26-28(20)18-12-9-14-5-3-4-6-16(14)13-18/h3-13,22H,1-2H3,(H,23,29). The van der Waals surface area contributed by atoms with Gasteiger partial charge in [0.1, 0.15) is 5.84 Å². The Hall–Kier alpha value is -4.07. The molecular weight excluding hydrogens is 366 g/mol. The summed E-state index contributed by atoms with van der Waals surface area (Å²) in [5.41, 5.74) is 2.06. The minimum Gasteiger partial charge on any atom is -0.363 e. The van der Waals surface area contributed by atoms with Crippen LogP contribution in [0.2, 0.25) is 0 Å². The van der Waals surface area contributed by atoms with Gasteiger partial charge in [0.25, 0.3) is 5.91 Å². The maximum atomic E-state index is 12.7. The first-order chi connectivity index (χ1) is 14.0. The van der Waals surface area contributed by atoms with Gasteiger partial charge in [-0.3, -0.25) is 10.2 Å². The van der Waals surface area contributed by atoms with Crippen LogP contribution < -0.4 is 5.32 Å². The summed E-state index contributed by atoms with van der Waals surface area (Å²) < 4.78 is 1.41. The first-order valence-corrected chi connectivity index (χ1v) is 8.98. The highest BCUT2D eigenvalue weighted by Gasteiger charge is 2.17. The fraction of sp³-hybridized carbons (Fsp3) is 0.0952. The summed E-state index contributed by atoms with van der Waals surface area (Å²) in [4.78, 5) is 14.4. The number of benzene rings is 3. The summed E-state index contributed by atoms with van der Waals surface area (Å²) in [6, 6.07) is 20.8. The van der Waals surface area contributed by atoms with Crippen molar-refractivity contribution in [2.45, 2.75) is 0 Å². The monoisotopic (exact) mass is 385 g/mol. The summed E-state index contributed by atoms with van der Waals surface area (Å²) >= 11 is 0. The van der Waals surface area contributed by atoms with Crippen molar-refractivity contribution in [3.05, 3.63) is 78.1 Å². The topological polar surface area (TPSA) is 99.8 Å². The number of amides is 1. The molecule has 0 atom stereocenters. The Morgan fingerprint density at radius 1 is 1.00 bits per heavy atom. The Balaban J connectivity index is 1.57. The lowest BCUT2D eigenvalue weighted by Crippen LogP contribution is -2.22. The van der Waals surface area contributed by atoms with Crippen molar-refractivity contribution in [1.82, 2.24) is 25.1 Å². The Morgan fingerprint density at radius 3 is 2.45 bits per heavy atom. The van der Waals surface area contributed by atoms with E-state index in [-0.39, 0.29) is 5.82 Å². The Morgan fingerprint density at radius 2 is 1.72 bits per heavy atom. The van der Waals surface area contributed by atoms with Gasteiger partial charge >= 0.3 is 0 Å². The smallest absolute Gasteiger partial charge is 0.295 e. The molecule has 2 N–H and O–H groups in total. The number of carbonyl (C=O) groups excluding carboxylic acids is 1. The van der Waals surface area contributed by atoms with Crippen LogP contribution >= 0.6 is 0 Å². The first kappa shape index (κ1) is 18.3. The first-order valence-electron chi connectivity index (χ1n) is 8.98. The molecule has 0 aliphatic heterocycles. The number of hydrogen-bond donors (Lipinski definition) is 2. The van der Waals surface area contributed by atoms with Crippen molar-refractivity contribution >= 4 is 28.2 Å². The van der Waals surface area contributed by atoms with Crippen LogP contribution in [0.4, 0.5) is 5.69 Å². The second kappa shape index (κ2) is 7.51. The van der Waals surface area contributed by atoms with Crippen LogP contribution in [0.15, 0.2) is 66.7 Å². The molecule has 3 aromatic carbocycles. The lowest BCUT2D eigenvalue weighted by molar-refractivity contribution is 0.101. The van der Waals surface area contributed by atoms with E-state index in [0.717, 1.165) is 16.3 Å². The molecule has 0 aliphatic carbocycles. The second-order valence-electron chi connectivity index (χ2n) is 6.72. The summed E-state index contributed by atoms with van der Waals surface area (Å²) in [6.45, 7) is 0. The molecule has 8 heteroatoms. The van der Waals surface area contributed by atoms with Crippen molar-refractivity contribution in [3.8, 4) is 5.69 Å². The third kappa shape index (κ3) is 3.68. The molecule has 144 valence electrons. The number of anilines is 1. The number of aromatic nitrogens is 4. The van der Waals surface area contributed by atoms with Gasteiger partial charge in [-0.25, -0.2) is 0 Å². The van der Waals surface area contributed by atoms with Gasteiger partial charge in [0.2, 0.25) is 5.82 Å². The van der Waals surface area contributed by atoms with E-state index in [2.05, 4.69) is 20.8 Å². The predicted molar refractivity (Wildman–Crippen MR) is 112 cm³/mol. The molecule has 0 spiro atoms. The fourth-order valence-electron chi connectivity index (χ4n) is 2.97. The van der Waals surface area contributed by atoms with Gasteiger partial charge in [-0.15, -0.1) is 5.10 Å². The van der Waals surface area contributed by atoms with Gasteiger partial charge in [-0.2, -0.15) is 4.68 Å². The van der Waals surface area contributed by atoms with E-state index in [9.17, 15) is 4.79 Å². The van der Waals surface area contributed by atoms with Gasteiger partial charge in [0.15, 0.2) is 0 Å². The van der Waals surface area contributed by atoms with E-state index in [1.165, 1.54) is 4.68 Å². The Kier molecular flexibility index (Phi) is 4.74. The van der Waals surface area contributed by atoms with Gasteiger partial charge in [-0.1, -0.05) is 30.3 Å². The number of fused-ring (bicyclic) bond motifs is 1. The lowest BCUT2D eigenvalue weighted by atomic mass is 10.1. The average molecular weight is 385 g/mol. The summed E-state index contributed by atoms with van der Waals surface area (Å²) in [7, 11) is 3.62. The van der Waals surface area contributed by atoms with E-state index in [1.54, 1.807) is 29.2 Å². The number of nitrogens with one attached hydrogen (secondary N) is 2. The van der Waals surface area contributed by atoms with E-state index in [1.807, 2.05) is 56.6 Å². The highest BCUT2D eigenvalue weighted by atomic mass is 16.2. The maximum Gasteiger partial charge on any atom is 0.295 e. The zero-order chi connectivity index (χ0) is 20.4. The van der Waals surface area contributed by atoms with Crippen molar-refractivity contribution in [3.63, 3.8) is 0 Å². The molecule has 29 heavy (non-hydrogen) atoms. The zero-order valence-corrected chi connectivity index (χ0v) is 16.0. The number of amidine groups is 1. The molecule has 0 fully saturated rings. The Labute approximate surface area is 167 Å².